The van der Waals surface area contributed by atoms with E-state index in [0.717, 1.165) is 18.6 Å². The van der Waals surface area contributed by atoms with Crippen LogP contribution in [0.2, 0.25) is 0 Å². The van der Waals surface area contributed by atoms with Crippen molar-refractivity contribution in [1.29, 1.82) is 0 Å². The van der Waals surface area contributed by atoms with Crippen LogP contribution in [0.15, 0.2) is 48.5 Å². The number of aromatic nitrogens is 2. The minimum absolute atomic E-state index is 0.576. The molecule has 2 heterocycles. The largest absolute Gasteiger partial charge is 0.322 e. The maximum atomic E-state index is 5.00. The predicted molar refractivity (Wildman–Crippen MR) is 113 cm³/mol. The summed E-state index contributed by atoms with van der Waals surface area (Å²) < 4.78 is 2.42. The second kappa shape index (κ2) is 8.26. The molecule has 0 radical (unpaired) electrons. The van der Waals surface area contributed by atoms with Crippen molar-refractivity contribution in [2.75, 3.05) is 13.1 Å². The molecule has 1 aromatic heterocycles. The van der Waals surface area contributed by atoms with Crippen molar-refractivity contribution < 1.29 is 0 Å². The summed E-state index contributed by atoms with van der Waals surface area (Å²) in [6.45, 7) is 8.74. The topological polar surface area (TPSA) is 21.1 Å². The second-order valence-corrected chi connectivity index (χ2v) is 8.19. The Morgan fingerprint density at radius 3 is 2.26 bits per heavy atom. The van der Waals surface area contributed by atoms with Gasteiger partial charge in [-0.2, -0.15) is 0 Å². The van der Waals surface area contributed by atoms with E-state index in [4.69, 9.17) is 4.98 Å². The highest BCUT2D eigenvalue weighted by Crippen LogP contribution is 2.22. The van der Waals surface area contributed by atoms with Crippen molar-refractivity contribution in [1.82, 2.24) is 14.5 Å². The van der Waals surface area contributed by atoms with Crippen LogP contribution in [0.25, 0.3) is 11.0 Å². The van der Waals surface area contributed by atoms with Crippen LogP contribution < -0.4 is 0 Å². The average Bonchev–Trinajstić information content (AvgIpc) is 2.83. The Labute approximate surface area is 163 Å². The molecule has 0 N–H and O–H groups in total. The molecule has 1 fully saturated rings. The third-order valence-corrected chi connectivity index (χ3v) is 5.78. The molecule has 1 aliphatic rings. The zero-order chi connectivity index (χ0) is 18.6. The average molecular weight is 362 g/mol. The Morgan fingerprint density at radius 1 is 0.852 bits per heavy atom. The van der Waals surface area contributed by atoms with Crippen LogP contribution in [0.1, 0.15) is 62.4 Å². The molecule has 0 unspecified atom stereocenters. The van der Waals surface area contributed by atoms with Crippen molar-refractivity contribution in [3.8, 4) is 0 Å². The van der Waals surface area contributed by atoms with Gasteiger partial charge in [-0.3, -0.25) is 4.90 Å². The molecule has 1 aliphatic heterocycles. The molecular formula is C24H31N3. The van der Waals surface area contributed by atoms with Gasteiger partial charge in [-0.05, 0) is 55.1 Å². The molecule has 3 nitrogen and oxygen atoms in total. The highest BCUT2D eigenvalue weighted by molar-refractivity contribution is 5.76. The molecule has 142 valence electrons. The highest BCUT2D eigenvalue weighted by atomic mass is 15.2. The third-order valence-electron chi connectivity index (χ3n) is 5.78. The highest BCUT2D eigenvalue weighted by Gasteiger charge is 2.16. The number of imidazole rings is 1. The lowest BCUT2D eigenvalue weighted by molar-refractivity contribution is 0.267. The van der Waals surface area contributed by atoms with Crippen molar-refractivity contribution in [2.24, 2.45) is 0 Å². The summed E-state index contributed by atoms with van der Waals surface area (Å²) in [6, 6.07) is 17.7. The van der Waals surface area contributed by atoms with Crippen LogP contribution in [-0.4, -0.2) is 27.5 Å². The monoisotopic (exact) mass is 361 g/mol. The van der Waals surface area contributed by atoms with E-state index in [1.54, 1.807) is 0 Å². The van der Waals surface area contributed by atoms with Gasteiger partial charge in [0.1, 0.15) is 5.82 Å². The molecule has 0 spiro atoms. The normalized spacial score (nSPS) is 16.1. The number of benzene rings is 2. The van der Waals surface area contributed by atoms with Crippen molar-refractivity contribution >= 4 is 11.0 Å². The van der Waals surface area contributed by atoms with Crippen molar-refractivity contribution in [2.45, 2.75) is 58.5 Å². The van der Waals surface area contributed by atoms with Gasteiger partial charge in [0.05, 0.1) is 17.6 Å². The standard InChI is InChI=1S/C24H31N3/c1-19(2)21-13-11-20(12-14-21)17-27-23-10-6-5-9-22(23)25-24(27)18-26-15-7-3-4-8-16-26/h5-6,9-14,19H,3-4,7-8,15-18H2,1-2H3. The molecule has 0 bridgehead atoms. The summed E-state index contributed by atoms with van der Waals surface area (Å²) in [7, 11) is 0. The minimum Gasteiger partial charge on any atom is -0.322 e. The van der Waals surface area contributed by atoms with Crippen LogP contribution in [0.4, 0.5) is 0 Å². The van der Waals surface area contributed by atoms with Gasteiger partial charge in [-0.1, -0.05) is 63.1 Å². The number of hydrogen-bond acceptors (Lipinski definition) is 2. The van der Waals surface area contributed by atoms with E-state index >= 15 is 0 Å². The van der Waals surface area contributed by atoms with E-state index in [1.807, 2.05) is 0 Å². The SMILES string of the molecule is CC(C)c1ccc(Cn2c(CN3CCCCCC3)nc3ccccc32)cc1. The molecule has 0 aliphatic carbocycles. The lowest BCUT2D eigenvalue weighted by atomic mass is 10.0. The number of para-hydroxylation sites is 2. The number of fused-ring (bicyclic) bond motifs is 1. The van der Waals surface area contributed by atoms with E-state index < -0.39 is 0 Å². The van der Waals surface area contributed by atoms with E-state index in [0.29, 0.717) is 5.92 Å². The molecule has 2 aromatic carbocycles. The van der Waals surface area contributed by atoms with Crippen molar-refractivity contribution in [3.05, 3.63) is 65.5 Å². The molecule has 4 rings (SSSR count). The summed E-state index contributed by atoms with van der Waals surface area (Å²) in [5.41, 5.74) is 5.11. The van der Waals surface area contributed by atoms with E-state index in [9.17, 15) is 0 Å². The Morgan fingerprint density at radius 2 is 1.56 bits per heavy atom. The second-order valence-electron chi connectivity index (χ2n) is 8.19. The van der Waals surface area contributed by atoms with Crippen LogP contribution >= 0.6 is 0 Å². The van der Waals surface area contributed by atoms with Crippen LogP contribution in [0.3, 0.4) is 0 Å². The lowest BCUT2D eigenvalue weighted by Gasteiger charge is -2.20. The fourth-order valence-corrected chi connectivity index (χ4v) is 4.11. The minimum atomic E-state index is 0.576. The van der Waals surface area contributed by atoms with Gasteiger partial charge >= 0.3 is 0 Å². The number of rotatable bonds is 5. The Kier molecular flexibility index (Phi) is 5.58. The first-order chi connectivity index (χ1) is 13.2. The zero-order valence-electron chi connectivity index (χ0n) is 16.7. The fraction of sp³-hybridized carbons (Fsp3) is 0.458. The molecule has 0 saturated carbocycles. The lowest BCUT2D eigenvalue weighted by Crippen LogP contribution is -2.26. The molecule has 0 atom stereocenters. The van der Waals surface area contributed by atoms with E-state index in [1.165, 1.54) is 61.2 Å². The summed E-state index contributed by atoms with van der Waals surface area (Å²) >= 11 is 0. The summed E-state index contributed by atoms with van der Waals surface area (Å²) in [5, 5.41) is 0. The first-order valence-electron chi connectivity index (χ1n) is 10.5. The zero-order valence-corrected chi connectivity index (χ0v) is 16.7. The predicted octanol–water partition coefficient (Wildman–Crippen LogP) is 5.58. The molecular weight excluding hydrogens is 330 g/mol. The van der Waals surface area contributed by atoms with Gasteiger partial charge in [-0.25, -0.2) is 4.98 Å². The quantitative estimate of drug-likeness (QED) is 0.591. The summed E-state index contributed by atoms with van der Waals surface area (Å²) in [6.07, 6.45) is 5.37. The van der Waals surface area contributed by atoms with Gasteiger partial charge in [0.25, 0.3) is 0 Å². The third kappa shape index (κ3) is 4.24. The summed E-state index contributed by atoms with van der Waals surface area (Å²) in [4.78, 5) is 7.59. The Balaban J connectivity index is 1.63. The fourth-order valence-electron chi connectivity index (χ4n) is 4.11. The Hall–Kier alpha value is -2.13. The number of likely N-dealkylation sites (tertiary alicyclic amines) is 1. The number of nitrogens with zero attached hydrogens (tertiary/aromatic N) is 3. The number of hydrogen-bond donors (Lipinski definition) is 0. The van der Waals surface area contributed by atoms with Crippen LogP contribution in [0.5, 0.6) is 0 Å². The van der Waals surface area contributed by atoms with Gasteiger partial charge in [0.15, 0.2) is 0 Å². The van der Waals surface area contributed by atoms with Gasteiger partial charge in [-0.15, -0.1) is 0 Å². The molecule has 27 heavy (non-hydrogen) atoms. The van der Waals surface area contributed by atoms with Gasteiger partial charge in [0, 0.05) is 6.54 Å². The smallest absolute Gasteiger partial charge is 0.124 e. The molecule has 3 aromatic rings. The maximum absolute atomic E-state index is 5.00. The van der Waals surface area contributed by atoms with E-state index in [-0.39, 0.29) is 0 Å². The van der Waals surface area contributed by atoms with Gasteiger partial charge < -0.3 is 4.57 Å². The Bertz CT molecular complexity index is 868. The van der Waals surface area contributed by atoms with Crippen LogP contribution in [0, 0.1) is 0 Å². The molecule has 1 saturated heterocycles. The first kappa shape index (κ1) is 18.2. The maximum Gasteiger partial charge on any atom is 0.124 e. The van der Waals surface area contributed by atoms with Crippen LogP contribution in [-0.2, 0) is 13.1 Å². The first-order valence-corrected chi connectivity index (χ1v) is 10.5. The summed E-state index contributed by atoms with van der Waals surface area (Å²) in [5.74, 6) is 1.78. The van der Waals surface area contributed by atoms with Gasteiger partial charge in [0.2, 0.25) is 0 Å². The molecule has 0 amide bonds. The van der Waals surface area contributed by atoms with Crippen molar-refractivity contribution in [3.63, 3.8) is 0 Å². The molecule has 3 heteroatoms. The van der Waals surface area contributed by atoms with E-state index in [2.05, 4.69) is 71.8 Å².